The Kier molecular flexibility index (Phi) is 4.43. The zero-order valence-corrected chi connectivity index (χ0v) is 18.3. The van der Waals surface area contributed by atoms with Crippen molar-refractivity contribution in [3.8, 4) is 5.75 Å². The first-order valence-electron chi connectivity index (χ1n) is 11.5. The molecule has 4 aliphatic rings. The maximum atomic E-state index is 13.4. The highest BCUT2D eigenvalue weighted by molar-refractivity contribution is 5.98. The number of ketones is 1. The Morgan fingerprint density at radius 2 is 1.77 bits per heavy atom. The number of carbonyl (C=O) groups is 2. The Hall–Kier alpha value is -2.10. The summed E-state index contributed by atoms with van der Waals surface area (Å²) in [7, 11) is 1.96. The topological polar surface area (TPSA) is 57.6 Å². The summed E-state index contributed by atoms with van der Waals surface area (Å²) >= 11 is 0. The van der Waals surface area contributed by atoms with E-state index in [0.29, 0.717) is 23.8 Å². The lowest BCUT2D eigenvalue weighted by atomic mass is 9.47. The largest absolute Gasteiger partial charge is 0.508 e. The van der Waals surface area contributed by atoms with E-state index in [1.165, 1.54) is 0 Å². The van der Waals surface area contributed by atoms with Crippen molar-refractivity contribution in [3.63, 3.8) is 0 Å². The van der Waals surface area contributed by atoms with Gasteiger partial charge in [-0.25, -0.2) is 0 Å². The van der Waals surface area contributed by atoms with Crippen LogP contribution in [-0.2, 0) is 4.79 Å². The van der Waals surface area contributed by atoms with Gasteiger partial charge in [-0.15, -0.1) is 0 Å². The van der Waals surface area contributed by atoms with Crippen molar-refractivity contribution in [2.24, 2.45) is 34.5 Å². The van der Waals surface area contributed by atoms with Crippen LogP contribution in [-0.4, -0.2) is 34.8 Å². The number of likely N-dealkylation sites (N-methyl/N-ethyl adjacent to an activating group) is 1. The Morgan fingerprint density at radius 3 is 2.50 bits per heavy atom. The predicted molar refractivity (Wildman–Crippen MR) is 116 cm³/mol. The molecule has 7 atom stereocenters. The van der Waals surface area contributed by atoms with Crippen LogP contribution in [0.25, 0.3) is 0 Å². The van der Waals surface area contributed by atoms with Gasteiger partial charge in [-0.1, -0.05) is 19.9 Å². The number of fused-ring (bicyclic) bond motifs is 5. The summed E-state index contributed by atoms with van der Waals surface area (Å²) < 4.78 is 0. The van der Waals surface area contributed by atoms with Crippen LogP contribution in [0.15, 0.2) is 36.4 Å². The molecule has 1 N–H and O–H groups in total. The second kappa shape index (κ2) is 6.70. The van der Waals surface area contributed by atoms with Crippen LogP contribution in [0, 0.1) is 34.5 Å². The van der Waals surface area contributed by atoms with Crippen LogP contribution in [0.3, 0.4) is 0 Å². The summed E-state index contributed by atoms with van der Waals surface area (Å²) in [5.41, 5.74) is 0.832. The van der Waals surface area contributed by atoms with Crippen molar-refractivity contribution in [2.45, 2.75) is 58.4 Å². The lowest BCUT2D eigenvalue weighted by molar-refractivity contribution is -0.138. The van der Waals surface area contributed by atoms with Crippen LogP contribution < -0.4 is 0 Å². The fraction of sp³-hybridized carbons (Fsp3) is 0.615. The number of amides is 1. The number of aromatic hydroxyl groups is 1. The summed E-state index contributed by atoms with van der Waals surface area (Å²) in [5.74, 6) is 2.47. The van der Waals surface area contributed by atoms with Crippen molar-refractivity contribution >= 4 is 11.7 Å². The van der Waals surface area contributed by atoms with Gasteiger partial charge in [0.25, 0.3) is 0 Å². The van der Waals surface area contributed by atoms with Crippen LogP contribution in [0.4, 0.5) is 0 Å². The average molecular weight is 408 g/mol. The lowest BCUT2D eigenvalue weighted by Gasteiger charge is -2.60. The summed E-state index contributed by atoms with van der Waals surface area (Å²) in [6.45, 7) is 4.73. The van der Waals surface area contributed by atoms with Gasteiger partial charge in [0, 0.05) is 30.0 Å². The van der Waals surface area contributed by atoms with Crippen LogP contribution in [0.1, 0.15) is 62.7 Å². The quantitative estimate of drug-likeness (QED) is 0.715. The molecule has 2 unspecified atom stereocenters. The molecule has 0 bridgehead atoms. The third-order valence-electron chi connectivity index (χ3n) is 9.60. The second-order valence-electron chi connectivity index (χ2n) is 10.7. The number of benzene rings is 1. The van der Waals surface area contributed by atoms with Crippen molar-refractivity contribution in [2.75, 3.05) is 7.05 Å². The second-order valence-corrected chi connectivity index (χ2v) is 10.7. The number of carbonyl (C=O) groups excluding carboxylic acids is 2. The molecule has 30 heavy (non-hydrogen) atoms. The van der Waals surface area contributed by atoms with E-state index in [1.54, 1.807) is 30.3 Å². The zero-order valence-electron chi connectivity index (χ0n) is 18.3. The minimum absolute atomic E-state index is 0.0476. The van der Waals surface area contributed by atoms with E-state index in [1.807, 2.05) is 11.9 Å². The van der Waals surface area contributed by atoms with E-state index in [9.17, 15) is 14.7 Å². The molecule has 1 aromatic carbocycles. The van der Waals surface area contributed by atoms with Crippen LogP contribution in [0.5, 0.6) is 5.75 Å². The summed E-state index contributed by atoms with van der Waals surface area (Å²) in [6.07, 6.45) is 10.6. The van der Waals surface area contributed by atoms with Gasteiger partial charge in [-0.3, -0.25) is 9.59 Å². The molecule has 1 aromatic rings. The molecule has 3 fully saturated rings. The highest BCUT2D eigenvalue weighted by Crippen LogP contribution is 2.65. The Morgan fingerprint density at radius 1 is 1.03 bits per heavy atom. The van der Waals surface area contributed by atoms with Crippen molar-refractivity contribution in [1.82, 2.24) is 4.90 Å². The number of hydrogen-bond donors (Lipinski definition) is 1. The molecule has 3 saturated carbocycles. The smallest absolute Gasteiger partial charge is 0.246 e. The highest BCUT2D eigenvalue weighted by Gasteiger charge is 2.61. The molecule has 0 aromatic heterocycles. The third-order valence-corrected chi connectivity index (χ3v) is 9.60. The first-order valence-corrected chi connectivity index (χ1v) is 11.5. The number of hydrogen-bond acceptors (Lipinski definition) is 3. The molecular formula is C26H33NO3. The molecule has 1 aliphatic heterocycles. The SMILES string of the molecule is CN1C(=O)C=C[C@@]2(C)C1CC[C@@H]1[C@H]2CC[C@]2(C)C(C(=O)c3ccc(O)cc3)CC[C@@H]12. The fourth-order valence-electron chi connectivity index (χ4n) is 8.00. The van der Waals surface area contributed by atoms with Crippen LogP contribution >= 0.6 is 0 Å². The number of phenolic OH excluding ortho intramolecular Hbond substituents is 1. The van der Waals surface area contributed by atoms with E-state index in [4.69, 9.17) is 0 Å². The molecule has 1 heterocycles. The first-order chi connectivity index (χ1) is 14.3. The third kappa shape index (κ3) is 2.65. The number of phenols is 1. The van der Waals surface area contributed by atoms with Gasteiger partial charge in [0.2, 0.25) is 5.91 Å². The van der Waals surface area contributed by atoms with Gasteiger partial charge in [0.15, 0.2) is 5.78 Å². The van der Waals surface area contributed by atoms with Crippen molar-refractivity contribution < 1.29 is 14.7 Å². The Labute approximate surface area is 179 Å². The molecule has 0 saturated heterocycles. The normalized spacial score (nSPS) is 42.4. The highest BCUT2D eigenvalue weighted by atomic mass is 16.3. The maximum Gasteiger partial charge on any atom is 0.246 e. The van der Waals surface area contributed by atoms with Crippen molar-refractivity contribution in [3.05, 3.63) is 42.0 Å². The molecule has 3 aliphatic carbocycles. The van der Waals surface area contributed by atoms with E-state index >= 15 is 0 Å². The minimum Gasteiger partial charge on any atom is -0.508 e. The van der Waals surface area contributed by atoms with Gasteiger partial charge < -0.3 is 10.0 Å². The molecule has 1 amide bonds. The fourth-order valence-corrected chi connectivity index (χ4v) is 8.00. The summed E-state index contributed by atoms with van der Waals surface area (Å²) in [5, 5.41) is 9.58. The number of Topliss-reactive ketones (excluding diaryl/α,β-unsaturated/α-hetero) is 1. The molecule has 0 spiro atoms. The lowest BCUT2D eigenvalue weighted by Crippen LogP contribution is -2.59. The van der Waals surface area contributed by atoms with Gasteiger partial charge in [0.1, 0.15) is 5.75 Å². The summed E-state index contributed by atoms with van der Waals surface area (Å²) in [6, 6.07) is 7.08. The van der Waals surface area contributed by atoms with E-state index in [0.717, 1.165) is 44.1 Å². The monoisotopic (exact) mass is 407 g/mol. The molecule has 4 nitrogen and oxygen atoms in total. The molecular weight excluding hydrogens is 374 g/mol. The molecule has 160 valence electrons. The first kappa shape index (κ1) is 19.8. The average Bonchev–Trinajstić information content (AvgIpc) is 3.08. The Balaban J connectivity index is 1.43. The Bertz CT molecular complexity index is 905. The van der Waals surface area contributed by atoms with Gasteiger partial charge >= 0.3 is 0 Å². The zero-order chi connectivity index (χ0) is 21.3. The minimum atomic E-state index is 0.0476. The van der Waals surface area contributed by atoms with Crippen molar-refractivity contribution in [1.29, 1.82) is 0 Å². The molecule has 0 radical (unpaired) electrons. The standard InChI is InChI=1S/C26H33NO3/c1-25-14-12-20-18(8-11-22-26(20,2)15-13-23(29)27(22)3)19(25)9-10-21(25)24(30)16-4-6-17(28)7-5-16/h4-7,13,15,18-22,28H,8-12,14H2,1-3H3/t18-,19-,20+,21?,22?,25-,26+/m0/s1. The van der Waals surface area contributed by atoms with E-state index in [2.05, 4.69) is 19.9 Å². The number of nitrogens with zero attached hydrogens (tertiary/aromatic N) is 1. The van der Waals surface area contributed by atoms with Crippen LogP contribution in [0.2, 0.25) is 0 Å². The predicted octanol–water partition coefficient (Wildman–Crippen LogP) is 4.83. The molecule has 4 heteroatoms. The number of rotatable bonds is 2. The van der Waals surface area contributed by atoms with Gasteiger partial charge in [0.05, 0.1) is 0 Å². The summed E-state index contributed by atoms with van der Waals surface area (Å²) in [4.78, 5) is 27.6. The maximum absolute atomic E-state index is 13.4. The van der Waals surface area contributed by atoms with E-state index < -0.39 is 0 Å². The van der Waals surface area contributed by atoms with E-state index in [-0.39, 0.29) is 34.2 Å². The van der Waals surface area contributed by atoms with Gasteiger partial charge in [-0.05, 0) is 92.0 Å². The molecule has 5 rings (SSSR count). The van der Waals surface area contributed by atoms with Gasteiger partial charge in [-0.2, -0.15) is 0 Å².